The zero-order valence-electron chi connectivity index (χ0n) is 12.3. The molecule has 7 heteroatoms. The van der Waals surface area contributed by atoms with E-state index in [1.807, 2.05) is 20.8 Å². The van der Waals surface area contributed by atoms with Crippen molar-refractivity contribution in [1.29, 1.82) is 0 Å². The molecule has 0 aliphatic carbocycles. The second-order valence-electron chi connectivity index (χ2n) is 5.84. The van der Waals surface area contributed by atoms with Crippen LogP contribution in [0.5, 0.6) is 0 Å². The van der Waals surface area contributed by atoms with E-state index in [1.54, 1.807) is 12.1 Å². The molecular formula is C14H18N4O3. The molecule has 1 aromatic carbocycles. The smallest absolute Gasteiger partial charge is 0.337 e. The fourth-order valence-corrected chi connectivity index (χ4v) is 2.05. The van der Waals surface area contributed by atoms with Gasteiger partial charge in [0, 0.05) is 12.0 Å². The number of aromatic carboxylic acids is 1. The SMILES string of the molecule is CC(C)(C)NC(=O)CCn1nnc2cccc(C(=O)O)c21. The number of carbonyl (C=O) groups is 2. The molecular weight excluding hydrogens is 272 g/mol. The molecule has 1 amide bonds. The summed E-state index contributed by atoms with van der Waals surface area (Å²) in [5.41, 5.74) is 0.779. The summed E-state index contributed by atoms with van der Waals surface area (Å²) in [6, 6.07) is 4.82. The number of aromatic nitrogens is 3. The van der Waals surface area contributed by atoms with Crippen LogP contribution in [0.15, 0.2) is 18.2 Å². The maximum atomic E-state index is 11.8. The summed E-state index contributed by atoms with van der Waals surface area (Å²) in [5, 5.41) is 19.9. The lowest BCUT2D eigenvalue weighted by Gasteiger charge is -2.20. The minimum absolute atomic E-state index is 0.112. The first-order valence-electron chi connectivity index (χ1n) is 6.64. The number of amides is 1. The first kappa shape index (κ1) is 15.0. The highest BCUT2D eigenvalue weighted by Crippen LogP contribution is 2.17. The predicted octanol–water partition coefficient (Wildman–Crippen LogP) is 1.43. The molecule has 0 aliphatic heterocycles. The number of nitrogens with one attached hydrogen (secondary N) is 1. The lowest BCUT2D eigenvalue weighted by molar-refractivity contribution is -0.122. The van der Waals surface area contributed by atoms with Gasteiger partial charge in [0.05, 0.1) is 12.1 Å². The number of carbonyl (C=O) groups excluding carboxylic acids is 1. The van der Waals surface area contributed by atoms with Crippen LogP contribution in [0.2, 0.25) is 0 Å². The Balaban J connectivity index is 2.20. The number of carboxylic acids is 1. The van der Waals surface area contributed by atoms with Crippen LogP contribution < -0.4 is 5.32 Å². The molecule has 0 spiro atoms. The average molecular weight is 290 g/mol. The molecule has 2 rings (SSSR count). The molecule has 0 fully saturated rings. The largest absolute Gasteiger partial charge is 0.478 e. The van der Waals surface area contributed by atoms with E-state index in [1.165, 1.54) is 10.7 Å². The predicted molar refractivity (Wildman–Crippen MR) is 77.0 cm³/mol. The highest BCUT2D eigenvalue weighted by atomic mass is 16.4. The van der Waals surface area contributed by atoms with Crippen LogP contribution in [0.4, 0.5) is 0 Å². The van der Waals surface area contributed by atoms with Gasteiger partial charge in [-0.1, -0.05) is 11.3 Å². The molecule has 21 heavy (non-hydrogen) atoms. The van der Waals surface area contributed by atoms with Crippen LogP contribution in [-0.2, 0) is 11.3 Å². The summed E-state index contributed by atoms with van der Waals surface area (Å²) in [6.45, 7) is 5.98. The quantitative estimate of drug-likeness (QED) is 0.888. The molecule has 112 valence electrons. The van der Waals surface area contributed by atoms with Gasteiger partial charge in [-0.3, -0.25) is 4.79 Å². The zero-order valence-corrected chi connectivity index (χ0v) is 12.3. The summed E-state index contributed by atoms with van der Waals surface area (Å²) >= 11 is 0. The van der Waals surface area contributed by atoms with Crippen molar-refractivity contribution in [3.63, 3.8) is 0 Å². The van der Waals surface area contributed by atoms with E-state index in [0.29, 0.717) is 11.0 Å². The van der Waals surface area contributed by atoms with E-state index in [-0.39, 0.29) is 30.0 Å². The minimum atomic E-state index is -1.04. The molecule has 1 heterocycles. The minimum Gasteiger partial charge on any atom is -0.478 e. The van der Waals surface area contributed by atoms with Crippen molar-refractivity contribution in [3.05, 3.63) is 23.8 Å². The van der Waals surface area contributed by atoms with Crippen molar-refractivity contribution >= 4 is 22.9 Å². The second-order valence-corrected chi connectivity index (χ2v) is 5.84. The van der Waals surface area contributed by atoms with Gasteiger partial charge in [0.2, 0.25) is 5.91 Å². The van der Waals surface area contributed by atoms with Gasteiger partial charge < -0.3 is 10.4 Å². The number of nitrogens with zero attached hydrogens (tertiary/aromatic N) is 3. The molecule has 2 aromatic rings. The molecule has 0 saturated carbocycles. The highest BCUT2D eigenvalue weighted by molar-refractivity contribution is 6.00. The van der Waals surface area contributed by atoms with Gasteiger partial charge >= 0.3 is 5.97 Å². The molecule has 1 aromatic heterocycles. The maximum absolute atomic E-state index is 11.8. The highest BCUT2D eigenvalue weighted by Gasteiger charge is 2.17. The van der Waals surface area contributed by atoms with Crippen molar-refractivity contribution in [2.75, 3.05) is 0 Å². The Morgan fingerprint density at radius 1 is 1.33 bits per heavy atom. The van der Waals surface area contributed by atoms with Crippen LogP contribution in [0.1, 0.15) is 37.6 Å². The zero-order chi connectivity index (χ0) is 15.6. The van der Waals surface area contributed by atoms with E-state index in [9.17, 15) is 14.7 Å². The number of benzene rings is 1. The standard InChI is InChI=1S/C14H18N4O3/c1-14(2,3)15-11(19)7-8-18-12-9(13(20)21)5-4-6-10(12)16-17-18/h4-6H,7-8H2,1-3H3,(H,15,19)(H,20,21). The van der Waals surface area contributed by atoms with Crippen molar-refractivity contribution in [3.8, 4) is 0 Å². The summed E-state index contributed by atoms with van der Waals surface area (Å²) in [6.07, 6.45) is 0.212. The van der Waals surface area contributed by atoms with Gasteiger partial charge in [0.25, 0.3) is 0 Å². The Hall–Kier alpha value is -2.44. The maximum Gasteiger partial charge on any atom is 0.337 e. The monoisotopic (exact) mass is 290 g/mol. The van der Waals surface area contributed by atoms with Crippen LogP contribution in [0, 0.1) is 0 Å². The van der Waals surface area contributed by atoms with Crippen LogP contribution >= 0.6 is 0 Å². The Bertz CT molecular complexity index is 685. The fraction of sp³-hybridized carbons (Fsp3) is 0.429. The lowest BCUT2D eigenvalue weighted by Crippen LogP contribution is -2.40. The third-order valence-corrected chi connectivity index (χ3v) is 2.83. The van der Waals surface area contributed by atoms with E-state index in [0.717, 1.165) is 0 Å². The number of hydrogen-bond acceptors (Lipinski definition) is 4. The average Bonchev–Trinajstić information content (AvgIpc) is 2.77. The van der Waals surface area contributed by atoms with Crippen LogP contribution in [-0.4, -0.2) is 37.5 Å². The van der Waals surface area contributed by atoms with Crippen molar-refractivity contribution in [2.45, 2.75) is 39.3 Å². The van der Waals surface area contributed by atoms with Gasteiger partial charge in [-0.15, -0.1) is 5.10 Å². The van der Waals surface area contributed by atoms with E-state index in [4.69, 9.17) is 0 Å². The van der Waals surface area contributed by atoms with E-state index in [2.05, 4.69) is 15.6 Å². The Kier molecular flexibility index (Phi) is 3.93. The number of para-hydroxylation sites is 1. The van der Waals surface area contributed by atoms with Crippen molar-refractivity contribution < 1.29 is 14.7 Å². The molecule has 0 atom stereocenters. The van der Waals surface area contributed by atoms with Gasteiger partial charge in [0.15, 0.2) is 0 Å². The molecule has 7 nitrogen and oxygen atoms in total. The topological polar surface area (TPSA) is 97.1 Å². The summed E-state index contributed by atoms with van der Waals surface area (Å²) in [4.78, 5) is 23.1. The van der Waals surface area contributed by atoms with Crippen molar-refractivity contribution in [1.82, 2.24) is 20.3 Å². The number of aryl methyl sites for hydroxylation is 1. The molecule has 0 saturated heterocycles. The Morgan fingerprint density at radius 3 is 2.67 bits per heavy atom. The van der Waals surface area contributed by atoms with E-state index < -0.39 is 5.97 Å². The van der Waals surface area contributed by atoms with Gasteiger partial charge in [0.1, 0.15) is 11.0 Å². The lowest BCUT2D eigenvalue weighted by atomic mass is 10.1. The summed E-state index contributed by atoms with van der Waals surface area (Å²) in [7, 11) is 0. The molecule has 0 bridgehead atoms. The van der Waals surface area contributed by atoms with Gasteiger partial charge in [-0.2, -0.15) is 0 Å². The number of rotatable bonds is 4. The Morgan fingerprint density at radius 2 is 2.05 bits per heavy atom. The number of hydrogen-bond donors (Lipinski definition) is 2. The second kappa shape index (κ2) is 5.51. The Labute approximate surface area is 121 Å². The van der Waals surface area contributed by atoms with Crippen LogP contribution in [0.3, 0.4) is 0 Å². The van der Waals surface area contributed by atoms with Crippen molar-refractivity contribution in [2.24, 2.45) is 0 Å². The van der Waals surface area contributed by atoms with Gasteiger partial charge in [-0.25, -0.2) is 9.48 Å². The molecule has 0 radical (unpaired) electrons. The molecule has 0 unspecified atom stereocenters. The third kappa shape index (κ3) is 3.56. The first-order chi connectivity index (χ1) is 9.78. The molecule has 0 aliphatic rings. The normalized spacial score (nSPS) is 11.6. The summed E-state index contributed by atoms with van der Waals surface area (Å²) < 4.78 is 1.46. The molecule has 2 N–H and O–H groups in total. The number of fused-ring (bicyclic) bond motifs is 1. The van der Waals surface area contributed by atoms with E-state index >= 15 is 0 Å². The third-order valence-electron chi connectivity index (χ3n) is 2.83. The number of carboxylic acid groups (broad SMARTS) is 1. The van der Waals surface area contributed by atoms with Gasteiger partial charge in [-0.05, 0) is 32.9 Å². The first-order valence-corrected chi connectivity index (χ1v) is 6.64. The fourth-order valence-electron chi connectivity index (χ4n) is 2.05. The van der Waals surface area contributed by atoms with Crippen LogP contribution in [0.25, 0.3) is 11.0 Å². The summed E-state index contributed by atoms with van der Waals surface area (Å²) in [5.74, 6) is -1.15.